The Bertz CT molecular complexity index is 764. The Morgan fingerprint density at radius 1 is 1.28 bits per heavy atom. The molecule has 0 saturated carbocycles. The number of ether oxygens (including phenoxy) is 2. The number of hydrogen-bond donors (Lipinski definition) is 1. The Kier molecular flexibility index (Phi) is 5.89. The lowest BCUT2D eigenvalue weighted by Gasteiger charge is -2.15. The molecule has 0 aromatic heterocycles. The highest BCUT2D eigenvalue weighted by Gasteiger charge is 2.16. The Labute approximate surface area is 143 Å². The Balaban J connectivity index is 1.93. The average Bonchev–Trinajstić information content (AvgIpc) is 2.60. The number of halogens is 1. The summed E-state index contributed by atoms with van der Waals surface area (Å²) >= 11 is 0. The van der Waals surface area contributed by atoms with Crippen LogP contribution in [0, 0.1) is 15.9 Å². The van der Waals surface area contributed by atoms with Crippen molar-refractivity contribution in [3.8, 4) is 11.5 Å². The van der Waals surface area contributed by atoms with E-state index in [1.54, 1.807) is 19.1 Å². The summed E-state index contributed by atoms with van der Waals surface area (Å²) in [4.78, 5) is 22.2. The molecule has 25 heavy (non-hydrogen) atoms. The van der Waals surface area contributed by atoms with Crippen molar-refractivity contribution in [1.82, 2.24) is 5.32 Å². The molecule has 0 aliphatic carbocycles. The van der Waals surface area contributed by atoms with Gasteiger partial charge in [-0.25, -0.2) is 4.39 Å². The van der Waals surface area contributed by atoms with Gasteiger partial charge in [0.15, 0.2) is 6.61 Å². The quantitative estimate of drug-likeness (QED) is 0.613. The number of hydrogen-bond acceptors (Lipinski definition) is 5. The molecule has 2 rings (SSSR count). The molecule has 0 bridgehead atoms. The minimum atomic E-state index is -0.570. The first kappa shape index (κ1) is 18.2. The smallest absolute Gasteiger partial charge is 0.311 e. The number of nitrogens with one attached hydrogen (secondary N) is 1. The summed E-state index contributed by atoms with van der Waals surface area (Å²) in [6, 6.07) is 9.46. The first-order valence-corrected chi connectivity index (χ1v) is 7.40. The Morgan fingerprint density at radius 2 is 1.96 bits per heavy atom. The van der Waals surface area contributed by atoms with Gasteiger partial charge in [0.25, 0.3) is 5.91 Å². The molecule has 0 spiro atoms. The lowest BCUT2D eigenvalue weighted by Crippen LogP contribution is -2.31. The summed E-state index contributed by atoms with van der Waals surface area (Å²) in [6.45, 7) is 1.49. The fraction of sp³-hybridized carbons (Fsp3) is 0.235. The van der Waals surface area contributed by atoms with Gasteiger partial charge in [-0.2, -0.15) is 0 Å². The molecule has 0 aliphatic rings. The van der Waals surface area contributed by atoms with E-state index in [9.17, 15) is 19.3 Å². The summed E-state index contributed by atoms with van der Waals surface area (Å²) < 4.78 is 23.2. The molecule has 1 N–H and O–H groups in total. The third kappa shape index (κ3) is 4.90. The van der Waals surface area contributed by atoms with Gasteiger partial charge in [0, 0.05) is 12.1 Å². The summed E-state index contributed by atoms with van der Waals surface area (Å²) in [5.41, 5.74) is 0.566. The molecule has 7 nitrogen and oxygen atoms in total. The zero-order valence-electron chi connectivity index (χ0n) is 13.7. The highest BCUT2D eigenvalue weighted by Crippen LogP contribution is 2.30. The third-order valence-electron chi connectivity index (χ3n) is 3.47. The van der Waals surface area contributed by atoms with Crippen LogP contribution in [0.4, 0.5) is 10.1 Å². The van der Waals surface area contributed by atoms with Gasteiger partial charge in [-0.1, -0.05) is 12.1 Å². The SMILES string of the molecule is COc1cc(OCC(=O)N[C@@H](C)c2ccc(F)cc2)ccc1[N+](=O)[O-]. The van der Waals surface area contributed by atoms with Gasteiger partial charge in [0.1, 0.15) is 11.6 Å². The molecule has 0 aliphatic heterocycles. The maximum Gasteiger partial charge on any atom is 0.311 e. The van der Waals surface area contributed by atoms with Gasteiger partial charge < -0.3 is 14.8 Å². The second kappa shape index (κ2) is 8.09. The molecule has 0 unspecified atom stereocenters. The first-order valence-electron chi connectivity index (χ1n) is 7.40. The number of nitrogens with zero attached hydrogens (tertiary/aromatic N) is 1. The van der Waals surface area contributed by atoms with Gasteiger partial charge in [-0.15, -0.1) is 0 Å². The fourth-order valence-corrected chi connectivity index (χ4v) is 2.17. The summed E-state index contributed by atoms with van der Waals surface area (Å²) in [6.07, 6.45) is 0. The van der Waals surface area contributed by atoms with Crippen LogP contribution in [0.15, 0.2) is 42.5 Å². The van der Waals surface area contributed by atoms with E-state index in [4.69, 9.17) is 9.47 Å². The van der Waals surface area contributed by atoms with E-state index in [1.165, 1.54) is 37.4 Å². The van der Waals surface area contributed by atoms with Crippen LogP contribution in [-0.2, 0) is 4.79 Å². The van der Waals surface area contributed by atoms with E-state index in [0.29, 0.717) is 0 Å². The second-order valence-corrected chi connectivity index (χ2v) is 5.22. The van der Waals surface area contributed by atoms with Crippen molar-refractivity contribution in [3.63, 3.8) is 0 Å². The molecule has 2 aromatic rings. The van der Waals surface area contributed by atoms with E-state index in [1.807, 2.05) is 0 Å². The maximum atomic E-state index is 12.9. The van der Waals surface area contributed by atoms with Gasteiger partial charge in [-0.05, 0) is 30.7 Å². The van der Waals surface area contributed by atoms with Gasteiger partial charge in [-0.3, -0.25) is 14.9 Å². The van der Waals surface area contributed by atoms with E-state index < -0.39 is 4.92 Å². The Morgan fingerprint density at radius 3 is 2.56 bits per heavy atom. The third-order valence-corrected chi connectivity index (χ3v) is 3.47. The normalized spacial score (nSPS) is 11.5. The van der Waals surface area contributed by atoms with Crippen LogP contribution in [0.25, 0.3) is 0 Å². The van der Waals surface area contributed by atoms with Crippen LogP contribution in [0.2, 0.25) is 0 Å². The molecule has 1 amide bonds. The zero-order chi connectivity index (χ0) is 18.4. The van der Waals surface area contributed by atoms with Gasteiger partial charge in [0.05, 0.1) is 18.1 Å². The zero-order valence-corrected chi connectivity index (χ0v) is 13.7. The molecular formula is C17H17FN2O5. The minimum Gasteiger partial charge on any atom is -0.490 e. The predicted molar refractivity (Wildman–Crippen MR) is 88.1 cm³/mol. The van der Waals surface area contributed by atoms with E-state index in [0.717, 1.165) is 5.56 Å². The van der Waals surface area contributed by atoms with Crippen LogP contribution >= 0.6 is 0 Å². The number of amides is 1. The van der Waals surface area contributed by atoms with E-state index in [2.05, 4.69) is 5.32 Å². The fourth-order valence-electron chi connectivity index (χ4n) is 2.17. The highest BCUT2D eigenvalue weighted by molar-refractivity contribution is 5.78. The molecule has 2 aromatic carbocycles. The Hall–Kier alpha value is -3.16. The van der Waals surface area contributed by atoms with Crippen molar-refractivity contribution in [2.45, 2.75) is 13.0 Å². The maximum absolute atomic E-state index is 12.9. The molecule has 0 saturated heterocycles. The lowest BCUT2D eigenvalue weighted by atomic mass is 10.1. The van der Waals surface area contributed by atoms with Crippen molar-refractivity contribution < 1.29 is 23.6 Å². The largest absolute Gasteiger partial charge is 0.490 e. The summed E-state index contributed by atoms with van der Waals surface area (Å²) in [7, 11) is 1.31. The average molecular weight is 348 g/mol. The molecular weight excluding hydrogens is 331 g/mol. The van der Waals surface area contributed by atoms with E-state index >= 15 is 0 Å². The lowest BCUT2D eigenvalue weighted by molar-refractivity contribution is -0.385. The van der Waals surface area contributed by atoms with Crippen LogP contribution in [0.1, 0.15) is 18.5 Å². The monoisotopic (exact) mass is 348 g/mol. The van der Waals surface area contributed by atoms with Crippen LogP contribution in [0.5, 0.6) is 11.5 Å². The van der Waals surface area contributed by atoms with Gasteiger partial charge >= 0.3 is 5.69 Å². The van der Waals surface area contributed by atoms with Crippen molar-refractivity contribution in [2.24, 2.45) is 0 Å². The van der Waals surface area contributed by atoms with Crippen molar-refractivity contribution in [3.05, 3.63) is 64.0 Å². The highest BCUT2D eigenvalue weighted by atomic mass is 19.1. The van der Waals surface area contributed by atoms with Crippen molar-refractivity contribution in [1.29, 1.82) is 0 Å². The molecule has 132 valence electrons. The molecule has 0 radical (unpaired) electrons. The number of benzene rings is 2. The summed E-state index contributed by atoms with van der Waals surface area (Å²) in [5.74, 6) is -0.415. The number of methoxy groups -OCH3 is 1. The number of nitro benzene ring substituents is 1. The van der Waals surface area contributed by atoms with Crippen LogP contribution in [0.3, 0.4) is 0 Å². The second-order valence-electron chi connectivity index (χ2n) is 5.22. The number of nitro groups is 1. The topological polar surface area (TPSA) is 90.7 Å². The van der Waals surface area contributed by atoms with Gasteiger partial charge in [0.2, 0.25) is 5.75 Å². The van der Waals surface area contributed by atoms with Crippen LogP contribution < -0.4 is 14.8 Å². The molecule has 0 fully saturated rings. The van der Waals surface area contributed by atoms with Crippen LogP contribution in [-0.4, -0.2) is 24.5 Å². The van der Waals surface area contributed by atoms with Crippen molar-refractivity contribution in [2.75, 3.05) is 13.7 Å². The first-order chi connectivity index (χ1) is 11.9. The van der Waals surface area contributed by atoms with Crippen molar-refractivity contribution >= 4 is 11.6 Å². The minimum absolute atomic E-state index is 0.0441. The molecule has 0 heterocycles. The summed E-state index contributed by atoms with van der Waals surface area (Å²) in [5, 5.41) is 13.6. The predicted octanol–water partition coefficient (Wildman–Crippen LogP) is 3.00. The van der Waals surface area contributed by atoms with E-state index in [-0.39, 0.29) is 41.6 Å². The number of carbonyl (C=O) groups is 1. The standard InChI is InChI=1S/C17H17FN2O5/c1-11(12-3-5-13(18)6-4-12)19-17(21)10-25-14-7-8-15(20(22)23)16(9-14)24-2/h3-9,11H,10H2,1-2H3,(H,19,21)/t11-/m0/s1. The molecule has 8 heteroatoms. The number of rotatable bonds is 7. The molecule has 1 atom stereocenters. The number of carbonyl (C=O) groups excluding carboxylic acids is 1.